The van der Waals surface area contributed by atoms with E-state index in [4.69, 9.17) is 4.74 Å². The normalized spacial score (nSPS) is 16.3. The van der Waals surface area contributed by atoms with Crippen molar-refractivity contribution in [2.45, 2.75) is 18.9 Å². The lowest BCUT2D eigenvalue weighted by molar-refractivity contribution is 0.0857. The largest absolute Gasteiger partial charge is 0.376 e. The van der Waals surface area contributed by atoms with Crippen molar-refractivity contribution in [1.29, 1.82) is 0 Å². The molecule has 2 aromatic rings. The lowest BCUT2D eigenvalue weighted by Gasteiger charge is -2.11. The molecule has 0 saturated carbocycles. The summed E-state index contributed by atoms with van der Waals surface area (Å²) >= 11 is 0. The van der Waals surface area contributed by atoms with Gasteiger partial charge in [-0.3, -0.25) is 9.59 Å². The van der Waals surface area contributed by atoms with Crippen molar-refractivity contribution in [3.63, 3.8) is 0 Å². The third-order valence-corrected chi connectivity index (χ3v) is 4.10. The van der Waals surface area contributed by atoms with Gasteiger partial charge in [0.1, 0.15) is 11.6 Å². The van der Waals surface area contributed by atoms with Gasteiger partial charge in [-0.1, -0.05) is 0 Å². The van der Waals surface area contributed by atoms with E-state index >= 15 is 0 Å². The molecule has 0 aliphatic carbocycles. The first-order chi connectivity index (χ1) is 12.5. The van der Waals surface area contributed by atoms with E-state index in [0.717, 1.165) is 31.6 Å². The molecular weight excluding hydrogens is 342 g/mol. The van der Waals surface area contributed by atoms with E-state index in [9.17, 15) is 18.4 Å². The molecule has 0 aromatic heterocycles. The Kier molecular flexibility index (Phi) is 5.58. The molecule has 2 N–H and O–H groups in total. The highest BCUT2D eigenvalue weighted by molar-refractivity contribution is 6.05. The highest BCUT2D eigenvalue weighted by Crippen LogP contribution is 2.16. The van der Waals surface area contributed by atoms with Crippen LogP contribution in [0.1, 0.15) is 33.6 Å². The third kappa shape index (κ3) is 4.43. The first-order valence-electron chi connectivity index (χ1n) is 8.29. The molecule has 136 valence electrons. The van der Waals surface area contributed by atoms with E-state index in [-0.39, 0.29) is 23.3 Å². The topological polar surface area (TPSA) is 67.4 Å². The molecule has 1 aliphatic rings. The molecule has 1 aliphatic heterocycles. The molecule has 7 heteroatoms. The Balaban J connectivity index is 1.59. The van der Waals surface area contributed by atoms with Crippen molar-refractivity contribution in [3.05, 3.63) is 65.2 Å². The quantitative estimate of drug-likeness (QED) is 0.861. The van der Waals surface area contributed by atoms with Crippen molar-refractivity contribution in [3.8, 4) is 0 Å². The number of amides is 2. The molecule has 1 unspecified atom stereocenters. The van der Waals surface area contributed by atoms with Gasteiger partial charge in [0.25, 0.3) is 11.8 Å². The van der Waals surface area contributed by atoms with E-state index in [2.05, 4.69) is 10.6 Å². The molecule has 0 spiro atoms. The molecule has 1 saturated heterocycles. The predicted octanol–water partition coefficient (Wildman–Crippen LogP) is 3.13. The maximum atomic E-state index is 13.6. The Hall–Kier alpha value is -2.80. The summed E-state index contributed by atoms with van der Waals surface area (Å²) in [7, 11) is 0. The van der Waals surface area contributed by atoms with Crippen LogP contribution in [0.4, 0.5) is 14.5 Å². The molecule has 1 fully saturated rings. The van der Waals surface area contributed by atoms with Crippen molar-refractivity contribution in [2.24, 2.45) is 0 Å². The van der Waals surface area contributed by atoms with E-state index in [1.54, 1.807) is 0 Å². The maximum absolute atomic E-state index is 13.6. The standard InChI is InChI=1S/C19H18F2N2O3/c20-14-7-8-17(16(21)10-14)23-19(25)13-5-3-12(4-6-13)18(24)22-11-15-2-1-9-26-15/h3-8,10,15H,1-2,9,11H2,(H,22,24)(H,23,25). The number of carbonyl (C=O) groups is 2. The number of hydrogen-bond donors (Lipinski definition) is 2. The van der Waals surface area contributed by atoms with Crippen LogP contribution in [0.15, 0.2) is 42.5 Å². The fourth-order valence-electron chi connectivity index (χ4n) is 2.67. The van der Waals surface area contributed by atoms with Gasteiger partial charge in [0, 0.05) is 30.3 Å². The molecular formula is C19H18F2N2O3. The Labute approximate surface area is 149 Å². The molecule has 2 aromatic carbocycles. The second kappa shape index (κ2) is 8.05. The lowest BCUT2D eigenvalue weighted by Crippen LogP contribution is -2.31. The maximum Gasteiger partial charge on any atom is 0.255 e. The zero-order valence-electron chi connectivity index (χ0n) is 13.9. The van der Waals surface area contributed by atoms with Gasteiger partial charge in [-0.25, -0.2) is 8.78 Å². The highest BCUT2D eigenvalue weighted by Gasteiger charge is 2.17. The summed E-state index contributed by atoms with van der Waals surface area (Å²) in [5.41, 5.74) is 0.548. The van der Waals surface area contributed by atoms with Gasteiger partial charge in [-0.15, -0.1) is 0 Å². The van der Waals surface area contributed by atoms with Crippen LogP contribution in [0, 0.1) is 11.6 Å². The average molecular weight is 360 g/mol. The number of nitrogens with one attached hydrogen (secondary N) is 2. The first kappa shape index (κ1) is 18.0. The van der Waals surface area contributed by atoms with Crippen LogP contribution in [0.3, 0.4) is 0 Å². The van der Waals surface area contributed by atoms with Gasteiger partial charge in [0.2, 0.25) is 0 Å². The summed E-state index contributed by atoms with van der Waals surface area (Å²) in [6, 6.07) is 8.86. The van der Waals surface area contributed by atoms with Crippen molar-refractivity contribution in [2.75, 3.05) is 18.5 Å². The van der Waals surface area contributed by atoms with E-state index in [1.165, 1.54) is 24.3 Å². The third-order valence-electron chi connectivity index (χ3n) is 4.10. The minimum atomic E-state index is -0.858. The summed E-state index contributed by atoms with van der Waals surface area (Å²) in [6.07, 6.45) is 1.98. The number of halogens is 2. The number of anilines is 1. The molecule has 3 rings (SSSR count). The van der Waals surface area contributed by atoms with Gasteiger partial charge >= 0.3 is 0 Å². The van der Waals surface area contributed by atoms with Crippen LogP contribution in [0.2, 0.25) is 0 Å². The molecule has 2 amide bonds. The molecule has 0 bridgehead atoms. The predicted molar refractivity (Wildman–Crippen MR) is 92.1 cm³/mol. The Morgan fingerprint density at radius 1 is 1.04 bits per heavy atom. The van der Waals surface area contributed by atoms with Crippen molar-refractivity contribution >= 4 is 17.5 Å². The van der Waals surface area contributed by atoms with Crippen LogP contribution in [-0.4, -0.2) is 31.1 Å². The smallest absolute Gasteiger partial charge is 0.255 e. The first-order valence-corrected chi connectivity index (χ1v) is 8.29. The fourth-order valence-corrected chi connectivity index (χ4v) is 2.67. The Morgan fingerprint density at radius 3 is 2.35 bits per heavy atom. The van der Waals surface area contributed by atoms with Gasteiger partial charge in [-0.05, 0) is 49.2 Å². The average Bonchev–Trinajstić information content (AvgIpc) is 3.15. The highest BCUT2D eigenvalue weighted by atomic mass is 19.1. The Morgan fingerprint density at radius 2 is 1.73 bits per heavy atom. The zero-order chi connectivity index (χ0) is 18.5. The lowest BCUT2D eigenvalue weighted by atomic mass is 10.1. The van der Waals surface area contributed by atoms with Crippen LogP contribution in [0.5, 0.6) is 0 Å². The minimum Gasteiger partial charge on any atom is -0.376 e. The molecule has 26 heavy (non-hydrogen) atoms. The Bertz CT molecular complexity index is 803. The second-order valence-corrected chi connectivity index (χ2v) is 6.00. The van der Waals surface area contributed by atoms with E-state index in [1.807, 2.05) is 0 Å². The van der Waals surface area contributed by atoms with Gasteiger partial charge in [0.15, 0.2) is 0 Å². The van der Waals surface area contributed by atoms with Crippen LogP contribution < -0.4 is 10.6 Å². The fraction of sp³-hybridized carbons (Fsp3) is 0.263. The zero-order valence-corrected chi connectivity index (χ0v) is 13.9. The summed E-state index contributed by atoms with van der Waals surface area (Å²) in [5.74, 6) is -2.39. The second-order valence-electron chi connectivity index (χ2n) is 6.00. The summed E-state index contributed by atoms with van der Waals surface area (Å²) < 4.78 is 31.9. The van der Waals surface area contributed by atoms with Crippen LogP contribution in [0.25, 0.3) is 0 Å². The number of ether oxygens (including phenoxy) is 1. The SMILES string of the molecule is O=C(NCC1CCCO1)c1ccc(C(=O)Nc2ccc(F)cc2F)cc1. The monoisotopic (exact) mass is 360 g/mol. The summed E-state index contributed by atoms with van der Waals surface area (Å²) in [6.45, 7) is 1.17. The summed E-state index contributed by atoms with van der Waals surface area (Å²) in [5, 5.41) is 5.16. The summed E-state index contributed by atoms with van der Waals surface area (Å²) in [4.78, 5) is 24.2. The van der Waals surface area contributed by atoms with E-state index < -0.39 is 17.5 Å². The minimum absolute atomic E-state index is 0.0506. The van der Waals surface area contributed by atoms with Crippen LogP contribution >= 0.6 is 0 Å². The van der Waals surface area contributed by atoms with Gasteiger partial charge in [0.05, 0.1) is 11.8 Å². The number of hydrogen-bond acceptors (Lipinski definition) is 3. The van der Waals surface area contributed by atoms with Gasteiger partial charge < -0.3 is 15.4 Å². The number of benzene rings is 2. The van der Waals surface area contributed by atoms with Crippen molar-refractivity contribution in [1.82, 2.24) is 5.32 Å². The molecule has 1 atom stereocenters. The molecule has 5 nitrogen and oxygen atoms in total. The van der Waals surface area contributed by atoms with E-state index in [0.29, 0.717) is 18.2 Å². The van der Waals surface area contributed by atoms with Gasteiger partial charge in [-0.2, -0.15) is 0 Å². The number of carbonyl (C=O) groups excluding carboxylic acids is 2. The van der Waals surface area contributed by atoms with Crippen molar-refractivity contribution < 1.29 is 23.1 Å². The molecule has 0 radical (unpaired) electrons. The molecule has 1 heterocycles. The van der Waals surface area contributed by atoms with Crippen LogP contribution in [-0.2, 0) is 4.74 Å². The number of rotatable bonds is 5.